The number of hydrogen-bond acceptors (Lipinski definition) is 5. The van der Waals surface area contributed by atoms with E-state index in [9.17, 15) is 4.79 Å². The molecule has 142 valence electrons. The van der Waals surface area contributed by atoms with Gasteiger partial charge in [-0.2, -0.15) is 0 Å². The SMILES string of the molecule is COC1CCC(C(=O)N2CCC[C@@H](c3ncc4c(n3)CCNC4)C2)CC1. The fourth-order valence-electron chi connectivity index (χ4n) is 4.64. The van der Waals surface area contributed by atoms with Gasteiger partial charge in [-0.25, -0.2) is 9.97 Å². The quantitative estimate of drug-likeness (QED) is 0.895. The topological polar surface area (TPSA) is 67.3 Å². The molecule has 1 amide bonds. The van der Waals surface area contributed by atoms with Crippen molar-refractivity contribution < 1.29 is 9.53 Å². The van der Waals surface area contributed by atoms with Gasteiger partial charge in [0.1, 0.15) is 5.82 Å². The van der Waals surface area contributed by atoms with E-state index in [-0.39, 0.29) is 11.8 Å². The summed E-state index contributed by atoms with van der Waals surface area (Å²) in [6, 6.07) is 0. The Morgan fingerprint density at radius 2 is 2.12 bits per heavy atom. The van der Waals surface area contributed by atoms with Gasteiger partial charge in [0, 0.05) is 69.0 Å². The number of amides is 1. The van der Waals surface area contributed by atoms with Crippen LogP contribution in [0.3, 0.4) is 0 Å². The maximum Gasteiger partial charge on any atom is 0.225 e. The zero-order chi connectivity index (χ0) is 17.9. The number of carbonyl (C=O) groups excluding carboxylic acids is 1. The van der Waals surface area contributed by atoms with Gasteiger partial charge in [0.15, 0.2) is 0 Å². The van der Waals surface area contributed by atoms with Crippen LogP contribution in [-0.2, 0) is 22.5 Å². The van der Waals surface area contributed by atoms with Crippen molar-refractivity contribution in [1.82, 2.24) is 20.2 Å². The van der Waals surface area contributed by atoms with Crippen molar-refractivity contribution in [2.45, 2.75) is 63.5 Å². The molecule has 1 saturated carbocycles. The van der Waals surface area contributed by atoms with Crippen LogP contribution >= 0.6 is 0 Å². The molecule has 1 aromatic rings. The molecular formula is C20H30N4O2. The second-order valence-electron chi connectivity index (χ2n) is 7.96. The Hall–Kier alpha value is -1.53. The highest BCUT2D eigenvalue weighted by molar-refractivity contribution is 5.79. The van der Waals surface area contributed by atoms with E-state index in [2.05, 4.69) is 15.2 Å². The number of hydrogen-bond donors (Lipinski definition) is 1. The van der Waals surface area contributed by atoms with E-state index in [0.29, 0.717) is 12.0 Å². The molecule has 1 aromatic heterocycles. The van der Waals surface area contributed by atoms with E-state index >= 15 is 0 Å². The smallest absolute Gasteiger partial charge is 0.225 e. The summed E-state index contributed by atoms with van der Waals surface area (Å²) in [6.45, 7) is 3.52. The first kappa shape index (κ1) is 17.9. The molecule has 26 heavy (non-hydrogen) atoms. The number of likely N-dealkylation sites (tertiary alicyclic amines) is 1. The van der Waals surface area contributed by atoms with Crippen LogP contribution < -0.4 is 5.32 Å². The molecule has 1 atom stereocenters. The number of nitrogens with one attached hydrogen (secondary N) is 1. The Bertz CT molecular complexity index is 643. The second-order valence-corrected chi connectivity index (χ2v) is 7.96. The molecule has 6 heteroatoms. The minimum Gasteiger partial charge on any atom is -0.381 e. The van der Waals surface area contributed by atoms with Gasteiger partial charge in [-0.3, -0.25) is 4.79 Å². The number of aromatic nitrogens is 2. The van der Waals surface area contributed by atoms with Crippen LogP contribution in [0.5, 0.6) is 0 Å². The summed E-state index contributed by atoms with van der Waals surface area (Å²) < 4.78 is 5.44. The van der Waals surface area contributed by atoms with Gasteiger partial charge in [-0.1, -0.05) is 0 Å². The van der Waals surface area contributed by atoms with Crippen molar-refractivity contribution in [2.75, 3.05) is 26.7 Å². The van der Waals surface area contributed by atoms with Crippen molar-refractivity contribution in [3.05, 3.63) is 23.3 Å². The maximum absolute atomic E-state index is 13.0. The molecular weight excluding hydrogens is 328 g/mol. The van der Waals surface area contributed by atoms with Gasteiger partial charge >= 0.3 is 0 Å². The van der Waals surface area contributed by atoms with Gasteiger partial charge in [0.25, 0.3) is 0 Å². The highest BCUT2D eigenvalue weighted by atomic mass is 16.5. The molecule has 0 radical (unpaired) electrons. The predicted molar refractivity (Wildman–Crippen MR) is 98.8 cm³/mol. The molecule has 0 unspecified atom stereocenters. The molecule has 0 aromatic carbocycles. The van der Waals surface area contributed by atoms with Crippen LogP contribution in [0.2, 0.25) is 0 Å². The monoisotopic (exact) mass is 358 g/mol. The number of methoxy groups -OCH3 is 1. The van der Waals surface area contributed by atoms with Crippen molar-refractivity contribution in [2.24, 2.45) is 5.92 Å². The fourth-order valence-corrected chi connectivity index (χ4v) is 4.64. The maximum atomic E-state index is 13.0. The third-order valence-corrected chi connectivity index (χ3v) is 6.28. The third-order valence-electron chi connectivity index (χ3n) is 6.28. The minimum absolute atomic E-state index is 0.177. The summed E-state index contributed by atoms with van der Waals surface area (Å²) in [5.41, 5.74) is 2.41. The molecule has 4 rings (SSSR count). The van der Waals surface area contributed by atoms with Crippen LogP contribution in [0.15, 0.2) is 6.20 Å². The number of carbonyl (C=O) groups is 1. The van der Waals surface area contributed by atoms with Crippen molar-refractivity contribution in [3.63, 3.8) is 0 Å². The summed E-state index contributed by atoms with van der Waals surface area (Å²) >= 11 is 0. The lowest BCUT2D eigenvalue weighted by Crippen LogP contribution is -2.44. The lowest BCUT2D eigenvalue weighted by Gasteiger charge is -2.36. The fraction of sp³-hybridized carbons (Fsp3) is 0.750. The summed E-state index contributed by atoms with van der Waals surface area (Å²) in [5.74, 6) is 1.73. The van der Waals surface area contributed by atoms with E-state index in [4.69, 9.17) is 9.72 Å². The average Bonchev–Trinajstić information content (AvgIpc) is 2.73. The molecule has 1 N–H and O–H groups in total. The molecule has 0 bridgehead atoms. The first-order chi connectivity index (χ1) is 12.7. The number of nitrogens with zero attached hydrogens (tertiary/aromatic N) is 3. The van der Waals surface area contributed by atoms with Crippen LogP contribution in [0, 0.1) is 5.92 Å². The molecule has 6 nitrogen and oxygen atoms in total. The van der Waals surface area contributed by atoms with E-state index in [1.807, 2.05) is 6.20 Å². The van der Waals surface area contributed by atoms with Crippen LogP contribution in [0.1, 0.15) is 61.5 Å². The first-order valence-corrected chi connectivity index (χ1v) is 10.1. The summed E-state index contributed by atoms with van der Waals surface area (Å²) in [6.07, 6.45) is 9.36. The molecule has 3 aliphatic rings. The predicted octanol–water partition coefficient (Wildman–Crippen LogP) is 2.03. The van der Waals surface area contributed by atoms with Gasteiger partial charge in [-0.15, -0.1) is 0 Å². The Morgan fingerprint density at radius 3 is 2.92 bits per heavy atom. The normalized spacial score (nSPS) is 29.3. The lowest BCUT2D eigenvalue weighted by atomic mass is 9.85. The van der Waals surface area contributed by atoms with E-state index in [0.717, 1.165) is 76.9 Å². The van der Waals surface area contributed by atoms with Gasteiger partial charge < -0.3 is 15.0 Å². The Labute approximate surface area is 155 Å². The van der Waals surface area contributed by atoms with E-state index in [1.54, 1.807) is 7.11 Å². The standard InChI is InChI=1S/C20H30N4O2/c1-26-17-6-4-14(5-7-17)20(25)24-10-2-3-15(13-24)19-22-12-16-11-21-9-8-18(16)23-19/h12,14-15,17,21H,2-11,13H2,1H3/t14?,15-,17?/m1/s1. The van der Waals surface area contributed by atoms with Crippen LogP contribution in [0.4, 0.5) is 0 Å². The molecule has 3 heterocycles. The first-order valence-electron chi connectivity index (χ1n) is 10.1. The Kier molecular flexibility index (Phi) is 5.50. The molecule has 2 fully saturated rings. The number of rotatable bonds is 3. The molecule has 2 aliphatic heterocycles. The third kappa shape index (κ3) is 3.76. The van der Waals surface area contributed by atoms with Crippen molar-refractivity contribution >= 4 is 5.91 Å². The average molecular weight is 358 g/mol. The molecule has 1 saturated heterocycles. The van der Waals surface area contributed by atoms with Crippen LogP contribution in [-0.4, -0.2) is 53.6 Å². The van der Waals surface area contributed by atoms with Crippen molar-refractivity contribution in [3.8, 4) is 0 Å². The van der Waals surface area contributed by atoms with Gasteiger partial charge in [-0.05, 0) is 38.5 Å². The highest BCUT2D eigenvalue weighted by Crippen LogP contribution is 2.31. The minimum atomic E-state index is 0.177. The zero-order valence-corrected chi connectivity index (χ0v) is 15.7. The second kappa shape index (κ2) is 8.01. The summed E-state index contributed by atoms with van der Waals surface area (Å²) in [4.78, 5) is 24.6. The number of ether oxygens (including phenoxy) is 1. The Balaban J connectivity index is 1.40. The van der Waals surface area contributed by atoms with E-state index in [1.165, 1.54) is 11.3 Å². The summed E-state index contributed by atoms with van der Waals surface area (Å²) in [7, 11) is 1.77. The highest BCUT2D eigenvalue weighted by Gasteiger charge is 2.33. The molecule has 1 aliphatic carbocycles. The zero-order valence-electron chi connectivity index (χ0n) is 15.7. The van der Waals surface area contributed by atoms with Crippen LogP contribution in [0.25, 0.3) is 0 Å². The Morgan fingerprint density at radius 1 is 1.27 bits per heavy atom. The van der Waals surface area contributed by atoms with Gasteiger partial charge in [0.05, 0.1) is 6.10 Å². The van der Waals surface area contributed by atoms with Gasteiger partial charge in [0.2, 0.25) is 5.91 Å². The number of piperidine rings is 1. The summed E-state index contributed by atoms with van der Waals surface area (Å²) in [5, 5.41) is 3.36. The largest absolute Gasteiger partial charge is 0.381 e. The van der Waals surface area contributed by atoms with E-state index < -0.39 is 0 Å². The molecule has 0 spiro atoms. The van der Waals surface area contributed by atoms with Crippen molar-refractivity contribution in [1.29, 1.82) is 0 Å². The number of fused-ring (bicyclic) bond motifs is 1. The lowest BCUT2D eigenvalue weighted by molar-refractivity contribution is -0.138.